The van der Waals surface area contributed by atoms with Crippen LogP contribution < -0.4 is 5.73 Å². The van der Waals surface area contributed by atoms with Gasteiger partial charge in [-0.25, -0.2) is 0 Å². The lowest BCUT2D eigenvalue weighted by molar-refractivity contribution is -0.191. The van der Waals surface area contributed by atoms with E-state index >= 15 is 0 Å². The van der Waals surface area contributed by atoms with E-state index in [1.807, 2.05) is 0 Å². The molecule has 90 valence electrons. The summed E-state index contributed by atoms with van der Waals surface area (Å²) in [5.74, 6) is 0. The maximum absolute atomic E-state index is 8.12. The molecule has 0 unspecified atom stereocenters. The second kappa shape index (κ2) is 8.05. The zero-order valence-corrected chi connectivity index (χ0v) is 10.6. The molecule has 1 rings (SSSR count). The van der Waals surface area contributed by atoms with Crippen molar-refractivity contribution in [2.45, 2.75) is 26.2 Å². The van der Waals surface area contributed by atoms with Crippen LogP contribution in [0.1, 0.15) is 25.0 Å². The molecule has 1 aromatic carbocycles. The molecule has 0 saturated carbocycles. The van der Waals surface area contributed by atoms with Crippen LogP contribution in [0.25, 0.3) is 0 Å². The predicted molar refractivity (Wildman–Crippen MR) is 65.5 cm³/mol. The zero-order chi connectivity index (χ0) is 11.9. The largest absolute Gasteiger partial charge is 0.373 e. The molecule has 0 amide bonds. The van der Waals surface area contributed by atoms with Gasteiger partial charge in [0.2, 0.25) is 0 Å². The molecule has 4 heteroatoms. The maximum Gasteiger partial charge on any atom is 0.373 e. The van der Waals surface area contributed by atoms with Gasteiger partial charge in [0.25, 0.3) is 0 Å². The van der Waals surface area contributed by atoms with E-state index in [9.17, 15) is 0 Å². The van der Waals surface area contributed by atoms with Crippen LogP contribution in [0.4, 0.5) is 0 Å². The number of halogens is 1. The highest BCUT2D eigenvalue weighted by Gasteiger charge is 2.17. The highest BCUT2D eigenvalue weighted by atomic mass is 35.5. The first-order valence-electron chi connectivity index (χ1n) is 4.74. The summed E-state index contributed by atoms with van der Waals surface area (Å²) in [5.41, 5.74) is 8.39. The minimum atomic E-state index is 0. The Hall–Kier alpha value is -1.15. The number of carbonyl (C=O) groups excluding carboxylic acids is 2. The van der Waals surface area contributed by atoms with Crippen molar-refractivity contribution in [3.63, 3.8) is 0 Å². The fourth-order valence-corrected chi connectivity index (χ4v) is 1.12. The minimum absolute atomic E-state index is 0. The molecule has 0 radical (unpaired) electrons. The number of benzene rings is 1. The molecule has 1 aromatic rings. The Morgan fingerprint density at radius 1 is 1.19 bits per heavy atom. The molecule has 0 spiro atoms. The fourth-order valence-electron chi connectivity index (χ4n) is 1.12. The van der Waals surface area contributed by atoms with Crippen LogP contribution in [0.3, 0.4) is 0 Å². The Labute approximate surface area is 102 Å². The SMILES string of the molecule is Cc1ccc(C(C)(C)CN)cc1.Cl.O=C=O. The molecule has 0 fully saturated rings. The summed E-state index contributed by atoms with van der Waals surface area (Å²) in [5, 5.41) is 0. The van der Waals surface area contributed by atoms with Crippen molar-refractivity contribution in [2.75, 3.05) is 6.54 Å². The van der Waals surface area contributed by atoms with Crippen molar-refractivity contribution in [1.82, 2.24) is 0 Å². The molecule has 2 N–H and O–H groups in total. The summed E-state index contributed by atoms with van der Waals surface area (Å²) >= 11 is 0. The van der Waals surface area contributed by atoms with Crippen molar-refractivity contribution < 1.29 is 9.59 Å². The number of nitrogens with two attached hydrogens (primary N) is 1. The lowest BCUT2D eigenvalue weighted by Crippen LogP contribution is -2.27. The van der Waals surface area contributed by atoms with Gasteiger partial charge in [0.1, 0.15) is 0 Å². The molecule has 0 heterocycles. The van der Waals surface area contributed by atoms with Crippen molar-refractivity contribution >= 4 is 18.6 Å². The van der Waals surface area contributed by atoms with Gasteiger partial charge in [-0.05, 0) is 12.5 Å². The van der Waals surface area contributed by atoms with Gasteiger partial charge >= 0.3 is 6.15 Å². The molecular formula is C12H18ClNO2. The van der Waals surface area contributed by atoms with Gasteiger partial charge in [-0.1, -0.05) is 43.7 Å². The van der Waals surface area contributed by atoms with E-state index < -0.39 is 0 Å². The van der Waals surface area contributed by atoms with E-state index in [1.54, 1.807) is 0 Å². The van der Waals surface area contributed by atoms with E-state index in [4.69, 9.17) is 15.3 Å². The second-order valence-electron chi connectivity index (χ2n) is 4.04. The monoisotopic (exact) mass is 243 g/mol. The topological polar surface area (TPSA) is 60.2 Å². The van der Waals surface area contributed by atoms with Crippen molar-refractivity contribution in [1.29, 1.82) is 0 Å². The molecule has 16 heavy (non-hydrogen) atoms. The number of hydrogen-bond donors (Lipinski definition) is 1. The average Bonchev–Trinajstić information content (AvgIpc) is 2.20. The van der Waals surface area contributed by atoms with Crippen LogP contribution in [0.5, 0.6) is 0 Å². The standard InChI is InChI=1S/C11H17N.CO2.ClH/c1-9-4-6-10(7-5-9)11(2,3)8-12;2-1-3;/h4-7H,8,12H2,1-3H3;;1H. The van der Waals surface area contributed by atoms with Gasteiger partial charge in [-0.15, -0.1) is 12.4 Å². The molecule has 0 saturated heterocycles. The summed E-state index contributed by atoms with van der Waals surface area (Å²) in [6.07, 6.45) is 0.250. The van der Waals surface area contributed by atoms with E-state index in [0.717, 1.165) is 0 Å². The van der Waals surface area contributed by atoms with Crippen molar-refractivity contribution in [3.05, 3.63) is 35.4 Å². The number of rotatable bonds is 2. The van der Waals surface area contributed by atoms with Gasteiger partial charge in [-0.3, -0.25) is 0 Å². The van der Waals surface area contributed by atoms with Crippen molar-refractivity contribution in [3.8, 4) is 0 Å². The van der Waals surface area contributed by atoms with Crippen LogP contribution in [-0.4, -0.2) is 12.7 Å². The van der Waals surface area contributed by atoms with Gasteiger partial charge in [0.15, 0.2) is 0 Å². The summed E-state index contributed by atoms with van der Waals surface area (Å²) in [4.78, 5) is 16.2. The fraction of sp³-hybridized carbons (Fsp3) is 0.417. The van der Waals surface area contributed by atoms with Gasteiger partial charge in [0, 0.05) is 12.0 Å². The molecule has 0 aromatic heterocycles. The summed E-state index contributed by atoms with van der Waals surface area (Å²) in [6, 6.07) is 8.57. The maximum atomic E-state index is 8.12. The smallest absolute Gasteiger partial charge is 0.330 e. The van der Waals surface area contributed by atoms with Crippen LogP contribution in [-0.2, 0) is 15.0 Å². The Morgan fingerprint density at radius 3 is 1.88 bits per heavy atom. The zero-order valence-electron chi connectivity index (χ0n) is 9.82. The highest BCUT2D eigenvalue weighted by Crippen LogP contribution is 2.21. The Bertz CT molecular complexity index is 327. The van der Waals surface area contributed by atoms with Crippen LogP contribution in [0.2, 0.25) is 0 Å². The average molecular weight is 244 g/mol. The number of aryl methyl sites for hydroxylation is 1. The van der Waals surface area contributed by atoms with E-state index in [1.165, 1.54) is 11.1 Å². The first kappa shape index (κ1) is 17.3. The highest BCUT2D eigenvalue weighted by molar-refractivity contribution is 5.85. The third kappa shape index (κ3) is 5.66. The van der Waals surface area contributed by atoms with Gasteiger partial charge in [0.05, 0.1) is 0 Å². The van der Waals surface area contributed by atoms with Gasteiger partial charge < -0.3 is 5.73 Å². The Kier molecular flexibility index (Phi) is 8.68. The van der Waals surface area contributed by atoms with E-state index in [-0.39, 0.29) is 24.0 Å². The van der Waals surface area contributed by atoms with E-state index in [2.05, 4.69) is 45.0 Å². The predicted octanol–water partition coefficient (Wildman–Crippen LogP) is 2.07. The first-order valence-corrected chi connectivity index (χ1v) is 4.74. The molecule has 0 aliphatic rings. The van der Waals surface area contributed by atoms with Crippen LogP contribution in [0.15, 0.2) is 24.3 Å². The Balaban J connectivity index is 0. The number of hydrogen-bond acceptors (Lipinski definition) is 3. The second-order valence-corrected chi connectivity index (χ2v) is 4.04. The molecule has 3 nitrogen and oxygen atoms in total. The van der Waals surface area contributed by atoms with Crippen molar-refractivity contribution in [2.24, 2.45) is 5.73 Å². The van der Waals surface area contributed by atoms with E-state index in [0.29, 0.717) is 6.54 Å². The molecule has 0 atom stereocenters. The lowest BCUT2D eigenvalue weighted by Gasteiger charge is -2.22. The molecule has 0 bridgehead atoms. The third-order valence-electron chi connectivity index (χ3n) is 2.34. The summed E-state index contributed by atoms with van der Waals surface area (Å²) < 4.78 is 0. The Morgan fingerprint density at radius 2 is 1.56 bits per heavy atom. The summed E-state index contributed by atoms with van der Waals surface area (Å²) in [6.45, 7) is 7.12. The van der Waals surface area contributed by atoms with Gasteiger partial charge in [-0.2, -0.15) is 9.59 Å². The quantitative estimate of drug-likeness (QED) is 0.865. The van der Waals surface area contributed by atoms with Crippen LogP contribution in [0, 0.1) is 6.92 Å². The minimum Gasteiger partial charge on any atom is -0.330 e. The normalized spacial score (nSPS) is 9.25. The molecule has 0 aliphatic heterocycles. The summed E-state index contributed by atoms with van der Waals surface area (Å²) in [7, 11) is 0. The third-order valence-corrected chi connectivity index (χ3v) is 2.34. The molecule has 0 aliphatic carbocycles. The first-order chi connectivity index (χ1) is 6.97. The molecular weight excluding hydrogens is 226 g/mol. The van der Waals surface area contributed by atoms with Crippen LogP contribution >= 0.6 is 12.4 Å². The lowest BCUT2D eigenvalue weighted by atomic mass is 9.84.